The molecule has 2 rings (SSSR count). The Labute approximate surface area is 122 Å². The number of aromatic carboxylic acids is 1. The minimum atomic E-state index is -1.08. The van der Waals surface area contributed by atoms with Crippen LogP contribution in [0.15, 0.2) is 28.7 Å². The number of carboxylic acid groups (broad SMARTS) is 1. The first kappa shape index (κ1) is 15.1. The SMILES string of the molecule is CCCNC(=O)CNCc1ccc2oc(C(=O)O)cc2c1. The average Bonchev–Trinajstić information content (AvgIpc) is 2.88. The van der Waals surface area contributed by atoms with E-state index in [4.69, 9.17) is 9.52 Å². The van der Waals surface area contributed by atoms with E-state index in [1.807, 2.05) is 19.1 Å². The van der Waals surface area contributed by atoms with Crippen molar-refractivity contribution in [1.29, 1.82) is 0 Å². The van der Waals surface area contributed by atoms with Crippen LogP contribution < -0.4 is 10.6 Å². The number of hydrogen-bond acceptors (Lipinski definition) is 4. The van der Waals surface area contributed by atoms with Crippen molar-refractivity contribution in [2.45, 2.75) is 19.9 Å². The van der Waals surface area contributed by atoms with Gasteiger partial charge in [-0.3, -0.25) is 4.79 Å². The van der Waals surface area contributed by atoms with Crippen LogP contribution in [0.25, 0.3) is 11.0 Å². The molecule has 21 heavy (non-hydrogen) atoms. The molecule has 0 radical (unpaired) electrons. The van der Waals surface area contributed by atoms with Gasteiger partial charge in [-0.1, -0.05) is 13.0 Å². The standard InChI is InChI=1S/C15H18N2O4/c1-2-5-17-14(18)9-16-8-10-3-4-12-11(6-10)7-13(21-12)15(19)20/h3-4,6-7,16H,2,5,8-9H2,1H3,(H,17,18)(H,19,20). The number of benzene rings is 1. The van der Waals surface area contributed by atoms with Crippen LogP contribution in [0.5, 0.6) is 0 Å². The van der Waals surface area contributed by atoms with E-state index in [0.29, 0.717) is 18.7 Å². The maximum Gasteiger partial charge on any atom is 0.371 e. The Hall–Kier alpha value is -2.34. The molecule has 0 aliphatic carbocycles. The van der Waals surface area contributed by atoms with E-state index in [1.165, 1.54) is 6.07 Å². The van der Waals surface area contributed by atoms with Gasteiger partial charge in [0.25, 0.3) is 0 Å². The molecule has 3 N–H and O–H groups in total. The van der Waals surface area contributed by atoms with E-state index in [0.717, 1.165) is 17.4 Å². The number of carboxylic acids is 1. The first-order valence-corrected chi connectivity index (χ1v) is 6.83. The van der Waals surface area contributed by atoms with Gasteiger partial charge in [0, 0.05) is 18.5 Å². The Bertz CT molecular complexity index is 648. The van der Waals surface area contributed by atoms with Crippen LogP contribution in [0.1, 0.15) is 29.5 Å². The van der Waals surface area contributed by atoms with Crippen LogP contribution in [0.2, 0.25) is 0 Å². The van der Waals surface area contributed by atoms with Crippen LogP contribution in [0.3, 0.4) is 0 Å². The van der Waals surface area contributed by atoms with Gasteiger partial charge in [-0.25, -0.2) is 4.79 Å². The van der Waals surface area contributed by atoms with E-state index in [9.17, 15) is 9.59 Å². The number of carbonyl (C=O) groups is 2. The number of amides is 1. The van der Waals surface area contributed by atoms with Crippen molar-refractivity contribution in [3.63, 3.8) is 0 Å². The lowest BCUT2D eigenvalue weighted by atomic mass is 10.1. The Balaban J connectivity index is 1.93. The monoisotopic (exact) mass is 290 g/mol. The van der Waals surface area contributed by atoms with Gasteiger partial charge in [-0.05, 0) is 30.2 Å². The van der Waals surface area contributed by atoms with E-state index < -0.39 is 5.97 Å². The van der Waals surface area contributed by atoms with E-state index in [2.05, 4.69) is 10.6 Å². The number of carbonyl (C=O) groups excluding carboxylic acids is 1. The lowest BCUT2D eigenvalue weighted by molar-refractivity contribution is -0.120. The second-order valence-corrected chi connectivity index (χ2v) is 4.74. The quantitative estimate of drug-likeness (QED) is 0.722. The summed E-state index contributed by atoms with van der Waals surface area (Å²) < 4.78 is 5.19. The number of fused-ring (bicyclic) bond motifs is 1. The Morgan fingerprint density at radius 3 is 2.81 bits per heavy atom. The molecule has 1 aromatic heterocycles. The lowest BCUT2D eigenvalue weighted by Gasteiger charge is -2.05. The smallest absolute Gasteiger partial charge is 0.371 e. The normalized spacial score (nSPS) is 10.7. The van der Waals surface area contributed by atoms with Crippen LogP contribution in [0.4, 0.5) is 0 Å². The highest BCUT2D eigenvalue weighted by Gasteiger charge is 2.10. The first-order valence-electron chi connectivity index (χ1n) is 6.83. The number of hydrogen-bond donors (Lipinski definition) is 3. The molecule has 6 heteroatoms. The molecule has 2 aromatic rings. The summed E-state index contributed by atoms with van der Waals surface area (Å²) in [6.45, 7) is 3.46. The zero-order valence-corrected chi connectivity index (χ0v) is 11.8. The number of rotatable bonds is 7. The molecular formula is C15H18N2O4. The van der Waals surface area contributed by atoms with Gasteiger partial charge >= 0.3 is 5.97 Å². The predicted molar refractivity (Wildman–Crippen MR) is 78.2 cm³/mol. The van der Waals surface area contributed by atoms with Crippen molar-refractivity contribution in [1.82, 2.24) is 10.6 Å². The van der Waals surface area contributed by atoms with Gasteiger partial charge in [0.1, 0.15) is 5.58 Å². The predicted octanol–water partition coefficient (Wildman–Crippen LogP) is 1.75. The molecule has 1 heterocycles. The van der Waals surface area contributed by atoms with Gasteiger partial charge in [-0.2, -0.15) is 0 Å². The molecule has 0 spiro atoms. The molecule has 0 unspecified atom stereocenters. The summed E-state index contributed by atoms with van der Waals surface area (Å²) in [6, 6.07) is 6.92. The fourth-order valence-electron chi connectivity index (χ4n) is 1.96. The van der Waals surface area contributed by atoms with Crippen LogP contribution >= 0.6 is 0 Å². The van der Waals surface area contributed by atoms with Gasteiger partial charge in [0.15, 0.2) is 0 Å². The van der Waals surface area contributed by atoms with Crippen LogP contribution in [0, 0.1) is 0 Å². The minimum Gasteiger partial charge on any atom is -0.475 e. The zero-order valence-electron chi connectivity index (χ0n) is 11.8. The van der Waals surface area contributed by atoms with E-state index in [1.54, 1.807) is 6.07 Å². The van der Waals surface area contributed by atoms with E-state index >= 15 is 0 Å². The zero-order chi connectivity index (χ0) is 15.2. The van der Waals surface area contributed by atoms with Crippen molar-refractivity contribution >= 4 is 22.8 Å². The molecule has 0 fully saturated rings. The van der Waals surface area contributed by atoms with Crippen LogP contribution in [-0.4, -0.2) is 30.1 Å². The molecular weight excluding hydrogens is 272 g/mol. The molecule has 112 valence electrons. The highest BCUT2D eigenvalue weighted by atomic mass is 16.4. The van der Waals surface area contributed by atoms with Crippen LogP contribution in [-0.2, 0) is 11.3 Å². The molecule has 1 amide bonds. The second-order valence-electron chi connectivity index (χ2n) is 4.74. The Morgan fingerprint density at radius 2 is 2.10 bits per heavy atom. The largest absolute Gasteiger partial charge is 0.475 e. The van der Waals surface area contributed by atoms with Crippen molar-refractivity contribution in [2.75, 3.05) is 13.1 Å². The summed E-state index contributed by atoms with van der Waals surface area (Å²) >= 11 is 0. The summed E-state index contributed by atoms with van der Waals surface area (Å²) in [4.78, 5) is 22.3. The molecule has 0 aliphatic heterocycles. The molecule has 0 bridgehead atoms. The fraction of sp³-hybridized carbons (Fsp3) is 0.333. The highest BCUT2D eigenvalue weighted by Crippen LogP contribution is 2.20. The summed E-state index contributed by atoms with van der Waals surface area (Å²) in [5.41, 5.74) is 1.50. The Kier molecular flexibility index (Phi) is 4.94. The average molecular weight is 290 g/mol. The number of nitrogens with one attached hydrogen (secondary N) is 2. The fourth-order valence-corrected chi connectivity index (χ4v) is 1.96. The van der Waals surface area contributed by atoms with Gasteiger partial charge in [0.2, 0.25) is 11.7 Å². The molecule has 0 atom stereocenters. The van der Waals surface area contributed by atoms with Crippen molar-refractivity contribution in [3.05, 3.63) is 35.6 Å². The Morgan fingerprint density at radius 1 is 1.29 bits per heavy atom. The van der Waals surface area contributed by atoms with Gasteiger partial charge < -0.3 is 20.2 Å². The summed E-state index contributed by atoms with van der Waals surface area (Å²) in [5, 5.41) is 15.4. The summed E-state index contributed by atoms with van der Waals surface area (Å²) in [7, 11) is 0. The first-order chi connectivity index (χ1) is 10.1. The van der Waals surface area contributed by atoms with E-state index in [-0.39, 0.29) is 18.2 Å². The second kappa shape index (κ2) is 6.90. The number of furan rings is 1. The highest BCUT2D eigenvalue weighted by molar-refractivity contribution is 5.91. The summed E-state index contributed by atoms with van der Waals surface area (Å²) in [6.07, 6.45) is 0.912. The topological polar surface area (TPSA) is 91.6 Å². The van der Waals surface area contributed by atoms with Crippen molar-refractivity contribution in [2.24, 2.45) is 0 Å². The maximum absolute atomic E-state index is 11.4. The third-order valence-corrected chi connectivity index (χ3v) is 2.98. The van der Waals surface area contributed by atoms with Gasteiger partial charge in [0.05, 0.1) is 6.54 Å². The summed E-state index contributed by atoms with van der Waals surface area (Å²) in [5.74, 6) is -1.19. The van der Waals surface area contributed by atoms with Crippen molar-refractivity contribution in [3.8, 4) is 0 Å². The molecule has 0 aliphatic rings. The minimum absolute atomic E-state index is 0.0330. The maximum atomic E-state index is 11.4. The van der Waals surface area contributed by atoms with Gasteiger partial charge in [-0.15, -0.1) is 0 Å². The third kappa shape index (κ3) is 4.06. The molecule has 0 saturated heterocycles. The molecule has 6 nitrogen and oxygen atoms in total. The lowest BCUT2D eigenvalue weighted by Crippen LogP contribution is -2.33. The molecule has 0 saturated carbocycles. The molecule has 1 aromatic carbocycles. The van der Waals surface area contributed by atoms with Crippen molar-refractivity contribution < 1.29 is 19.1 Å². The third-order valence-electron chi connectivity index (χ3n) is 2.98.